The zero-order chi connectivity index (χ0) is 24.5. The van der Waals surface area contributed by atoms with Crippen LogP contribution in [0.5, 0.6) is 5.75 Å². The molecule has 2 aromatic carbocycles. The fraction of sp³-hybridized carbons (Fsp3) is 0.286. The van der Waals surface area contributed by atoms with Crippen LogP contribution in [0.3, 0.4) is 0 Å². The molecule has 1 aliphatic heterocycles. The largest absolute Gasteiger partial charge is 0.872 e. The van der Waals surface area contributed by atoms with E-state index in [1.54, 1.807) is 46.8 Å². The lowest BCUT2D eigenvalue weighted by atomic mass is 9.81. The molecule has 0 saturated carbocycles. The smallest absolute Gasteiger partial charge is 0.188 e. The zero-order valence-corrected chi connectivity index (χ0v) is 20.2. The van der Waals surface area contributed by atoms with Gasteiger partial charge in [0, 0.05) is 27.6 Å². The highest BCUT2D eigenvalue weighted by atomic mass is 16.4. The summed E-state index contributed by atoms with van der Waals surface area (Å²) in [6, 6.07) is 3.50. The minimum atomic E-state index is -1.27. The molecule has 0 radical (unpaired) electrons. The SMILES string of the molecule is Cc1cc2c(-c3c(C)c(C)c(C)c(C)c3C(=O)[O-])c3cc(C)c(=O)c(C)c-3oc2c(C)c1[O-]. The van der Waals surface area contributed by atoms with Crippen molar-refractivity contribution in [3.05, 3.63) is 72.4 Å². The molecule has 0 amide bonds. The first-order valence-electron chi connectivity index (χ1n) is 10.9. The van der Waals surface area contributed by atoms with Gasteiger partial charge in [0.2, 0.25) is 0 Å². The number of rotatable bonds is 2. The molecule has 5 heteroatoms. The summed E-state index contributed by atoms with van der Waals surface area (Å²) < 4.78 is 6.20. The average molecular weight is 443 g/mol. The van der Waals surface area contributed by atoms with Crippen molar-refractivity contribution < 1.29 is 19.4 Å². The van der Waals surface area contributed by atoms with Crippen molar-refractivity contribution in [2.75, 3.05) is 0 Å². The molecule has 0 bridgehead atoms. The predicted octanol–water partition coefficient (Wildman–Crippen LogP) is 4.47. The van der Waals surface area contributed by atoms with E-state index in [2.05, 4.69) is 0 Å². The molecule has 2 aliphatic rings. The van der Waals surface area contributed by atoms with Gasteiger partial charge in [-0.15, -0.1) is 0 Å². The molecule has 0 N–H and O–H groups in total. The Balaban J connectivity index is 2.43. The highest BCUT2D eigenvalue weighted by Gasteiger charge is 2.27. The number of hydrogen-bond donors (Lipinski definition) is 0. The van der Waals surface area contributed by atoms with Crippen molar-refractivity contribution >= 4 is 16.9 Å². The number of aryl methyl sites for hydroxylation is 3. The van der Waals surface area contributed by atoms with Crippen LogP contribution in [0.2, 0.25) is 0 Å². The van der Waals surface area contributed by atoms with Crippen molar-refractivity contribution in [2.24, 2.45) is 0 Å². The standard InChI is InChI=1S/C28H28O5/c1-11-9-19-23(21-15(5)13(3)14(4)16(6)22(21)28(31)32)20-10-12(2)25(30)18(8)27(20)33-26(19)17(7)24(11)29/h9-10,29H,1-8H3,(H,31,32)/p-2. The topological polar surface area (TPSA) is 93.4 Å². The normalized spacial score (nSPS) is 11.5. The van der Waals surface area contributed by atoms with Crippen LogP contribution in [-0.4, -0.2) is 5.97 Å². The van der Waals surface area contributed by atoms with E-state index < -0.39 is 5.97 Å². The predicted molar refractivity (Wildman–Crippen MR) is 126 cm³/mol. The molecule has 0 fully saturated rings. The highest BCUT2D eigenvalue weighted by Crippen LogP contribution is 2.47. The molecule has 4 rings (SSSR count). The van der Waals surface area contributed by atoms with E-state index in [1.165, 1.54) is 0 Å². The van der Waals surface area contributed by atoms with Crippen LogP contribution in [0.4, 0.5) is 0 Å². The third-order valence-corrected chi connectivity index (χ3v) is 7.17. The number of benzene rings is 3. The summed E-state index contributed by atoms with van der Waals surface area (Å²) in [5, 5.41) is 25.8. The van der Waals surface area contributed by atoms with E-state index in [9.17, 15) is 19.8 Å². The van der Waals surface area contributed by atoms with E-state index in [1.807, 2.05) is 20.8 Å². The molecule has 0 aromatic heterocycles. The number of aromatic carboxylic acids is 1. The maximum Gasteiger partial charge on any atom is 0.188 e. The molecular weight excluding hydrogens is 416 g/mol. The van der Waals surface area contributed by atoms with Gasteiger partial charge in [0.1, 0.15) is 11.3 Å². The molecule has 0 saturated heterocycles. The Labute approximate surface area is 192 Å². The summed E-state index contributed by atoms with van der Waals surface area (Å²) in [6.07, 6.45) is 0. The third kappa shape index (κ3) is 3.06. The monoisotopic (exact) mass is 442 g/mol. The van der Waals surface area contributed by atoms with Gasteiger partial charge in [0.15, 0.2) is 5.43 Å². The molecule has 0 spiro atoms. The molecule has 5 nitrogen and oxygen atoms in total. The first-order valence-corrected chi connectivity index (χ1v) is 10.9. The third-order valence-electron chi connectivity index (χ3n) is 7.17. The lowest BCUT2D eigenvalue weighted by Gasteiger charge is -2.27. The van der Waals surface area contributed by atoms with Crippen LogP contribution in [0, 0.1) is 55.4 Å². The second-order valence-corrected chi connectivity index (χ2v) is 9.06. The average Bonchev–Trinajstić information content (AvgIpc) is 2.76. The second-order valence-electron chi connectivity index (χ2n) is 9.06. The minimum absolute atomic E-state index is 0.118. The van der Waals surface area contributed by atoms with Crippen LogP contribution in [-0.2, 0) is 0 Å². The summed E-state index contributed by atoms with van der Waals surface area (Å²) in [5.74, 6) is -1.05. The summed E-state index contributed by atoms with van der Waals surface area (Å²) >= 11 is 0. The van der Waals surface area contributed by atoms with Gasteiger partial charge in [-0.1, -0.05) is 11.3 Å². The van der Waals surface area contributed by atoms with Crippen LogP contribution in [0.25, 0.3) is 33.4 Å². The molecule has 1 heterocycles. The van der Waals surface area contributed by atoms with Gasteiger partial charge in [0.25, 0.3) is 0 Å². The number of hydrogen-bond acceptors (Lipinski definition) is 5. The fourth-order valence-corrected chi connectivity index (χ4v) is 4.93. The number of carboxylic acid groups (broad SMARTS) is 1. The summed E-state index contributed by atoms with van der Waals surface area (Å²) in [4.78, 5) is 25.2. The van der Waals surface area contributed by atoms with Crippen molar-refractivity contribution in [1.82, 2.24) is 0 Å². The minimum Gasteiger partial charge on any atom is -0.872 e. The van der Waals surface area contributed by atoms with Crippen LogP contribution in [0.15, 0.2) is 21.3 Å². The van der Waals surface area contributed by atoms with E-state index in [0.29, 0.717) is 61.2 Å². The number of carboxylic acids is 1. The Bertz CT molecular complexity index is 1540. The van der Waals surface area contributed by atoms with Crippen molar-refractivity contribution in [1.29, 1.82) is 0 Å². The number of fused-ring (bicyclic) bond motifs is 2. The van der Waals surface area contributed by atoms with Gasteiger partial charge in [-0.25, -0.2) is 0 Å². The van der Waals surface area contributed by atoms with Crippen LogP contribution >= 0.6 is 0 Å². The molecule has 0 atom stereocenters. The molecule has 1 aliphatic carbocycles. The maximum absolute atomic E-state index is 12.7. The van der Waals surface area contributed by atoms with Crippen LogP contribution in [0.1, 0.15) is 54.9 Å². The lowest BCUT2D eigenvalue weighted by molar-refractivity contribution is -0.270. The Kier molecular flexibility index (Phi) is 5.12. The summed E-state index contributed by atoms with van der Waals surface area (Å²) in [7, 11) is 0. The maximum atomic E-state index is 12.7. The van der Waals surface area contributed by atoms with Crippen molar-refractivity contribution in [3.63, 3.8) is 0 Å². The lowest BCUT2D eigenvalue weighted by Crippen LogP contribution is -2.25. The van der Waals surface area contributed by atoms with E-state index in [-0.39, 0.29) is 16.7 Å². The van der Waals surface area contributed by atoms with Gasteiger partial charge in [-0.3, -0.25) is 4.79 Å². The van der Waals surface area contributed by atoms with Crippen molar-refractivity contribution in [3.8, 4) is 28.2 Å². The molecule has 0 unspecified atom stereocenters. The Morgan fingerprint density at radius 2 is 1.36 bits per heavy atom. The molecule has 33 heavy (non-hydrogen) atoms. The fourth-order valence-electron chi connectivity index (χ4n) is 4.93. The number of carbonyl (C=O) groups is 1. The van der Waals surface area contributed by atoms with Gasteiger partial charge < -0.3 is 19.4 Å². The van der Waals surface area contributed by atoms with Gasteiger partial charge in [0.05, 0.1) is 5.97 Å². The van der Waals surface area contributed by atoms with Crippen molar-refractivity contribution in [2.45, 2.75) is 55.4 Å². The van der Waals surface area contributed by atoms with Gasteiger partial charge in [-0.2, -0.15) is 0 Å². The van der Waals surface area contributed by atoms with Crippen LogP contribution < -0.4 is 15.6 Å². The Hall–Kier alpha value is -3.60. The zero-order valence-electron chi connectivity index (χ0n) is 20.2. The highest BCUT2D eigenvalue weighted by molar-refractivity contribution is 6.10. The first-order chi connectivity index (χ1) is 15.4. The summed E-state index contributed by atoms with van der Waals surface area (Å²) in [5.41, 5.74) is 7.42. The Morgan fingerprint density at radius 3 is 1.97 bits per heavy atom. The summed E-state index contributed by atoms with van der Waals surface area (Å²) in [6.45, 7) is 14.4. The number of carbonyl (C=O) groups excluding carboxylic acids is 1. The molecule has 170 valence electrons. The van der Waals surface area contributed by atoms with E-state index in [0.717, 1.165) is 16.7 Å². The van der Waals surface area contributed by atoms with E-state index in [4.69, 9.17) is 4.42 Å². The quantitative estimate of drug-likeness (QED) is 0.427. The second kappa shape index (κ2) is 7.48. The van der Waals surface area contributed by atoms with Gasteiger partial charge >= 0.3 is 0 Å². The molecular formula is C28H26O5-2. The van der Waals surface area contributed by atoms with E-state index >= 15 is 0 Å². The first kappa shape index (κ1) is 22.6. The molecule has 2 aromatic rings. The van der Waals surface area contributed by atoms with Gasteiger partial charge in [-0.05, 0) is 106 Å². The Morgan fingerprint density at radius 1 is 0.758 bits per heavy atom.